The van der Waals surface area contributed by atoms with Crippen LogP contribution >= 0.6 is 0 Å². The number of nitrogens with one attached hydrogen (secondary N) is 1. The second kappa shape index (κ2) is 10.1. The lowest BCUT2D eigenvalue weighted by atomic mass is 10.1. The van der Waals surface area contributed by atoms with Gasteiger partial charge in [0.2, 0.25) is 10.0 Å². The minimum Gasteiger partial charge on any atom is -0.355 e. The Balaban J connectivity index is 1.22. The van der Waals surface area contributed by atoms with Gasteiger partial charge in [0.25, 0.3) is 5.91 Å². The molecule has 8 nitrogen and oxygen atoms in total. The highest BCUT2D eigenvalue weighted by Crippen LogP contribution is 2.24. The molecule has 0 bridgehead atoms. The van der Waals surface area contributed by atoms with Gasteiger partial charge in [0.05, 0.1) is 10.6 Å². The maximum atomic E-state index is 12.8. The van der Waals surface area contributed by atoms with Crippen molar-refractivity contribution in [3.05, 3.63) is 66.2 Å². The third-order valence-electron chi connectivity index (χ3n) is 6.59. The van der Waals surface area contributed by atoms with E-state index in [4.69, 9.17) is 0 Å². The summed E-state index contributed by atoms with van der Waals surface area (Å²) in [5.41, 5.74) is 2.73. The van der Waals surface area contributed by atoms with Crippen molar-refractivity contribution in [2.75, 3.05) is 36.4 Å². The second-order valence-electron chi connectivity index (χ2n) is 8.99. The minimum absolute atomic E-state index is 0.220. The fraction of sp³-hybridized carbons (Fsp3) is 0.346. The van der Waals surface area contributed by atoms with E-state index in [1.807, 2.05) is 36.4 Å². The molecule has 1 aromatic heterocycles. The summed E-state index contributed by atoms with van der Waals surface area (Å²) in [4.78, 5) is 15.2. The molecule has 5 rings (SSSR count). The van der Waals surface area contributed by atoms with Crippen LogP contribution in [0.15, 0.2) is 65.6 Å². The van der Waals surface area contributed by atoms with E-state index in [0.717, 1.165) is 49.4 Å². The maximum absolute atomic E-state index is 12.8. The van der Waals surface area contributed by atoms with Crippen molar-refractivity contribution in [1.82, 2.24) is 14.5 Å². The van der Waals surface area contributed by atoms with Crippen molar-refractivity contribution in [3.63, 3.8) is 0 Å². The SMILES string of the molecule is O=C(Nc1ccc(-c2ccc(N3CCCC3)nn2)cc1)c1ccc(S(=O)(=O)N2CCCCC2)cc1. The van der Waals surface area contributed by atoms with Gasteiger partial charge < -0.3 is 10.2 Å². The van der Waals surface area contributed by atoms with E-state index < -0.39 is 10.0 Å². The van der Waals surface area contributed by atoms with E-state index >= 15 is 0 Å². The molecule has 35 heavy (non-hydrogen) atoms. The van der Waals surface area contributed by atoms with Crippen LogP contribution in [0.4, 0.5) is 11.5 Å². The topological polar surface area (TPSA) is 95.5 Å². The molecule has 9 heteroatoms. The largest absolute Gasteiger partial charge is 0.355 e. The molecule has 0 unspecified atom stereocenters. The van der Waals surface area contributed by atoms with Crippen molar-refractivity contribution in [3.8, 4) is 11.3 Å². The van der Waals surface area contributed by atoms with Gasteiger partial charge in [-0.25, -0.2) is 8.42 Å². The summed E-state index contributed by atoms with van der Waals surface area (Å²) in [7, 11) is -3.51. The fourth-order valence-corrected chi connectivity index (χ4v) is 6.07. The van der Waals surface area contributed by atoms with Gasteiger partial charge in [-0.1, -0.05) is 18.6 Å². The molecular weight excluding hydrogens is 462 g/mol. The first kappa shape index (κ1) is 23.4. The van der Waals surface area contributed by atoms with E-state index in [2.05, 4.69) is 20.4 Å². The highest BCUT2D eigenvalue weighted by molar-refractivity contribution is 7.89. The summed E-state index contributed by atoms with van der Waals surface area (Å²) in [6.07, 6.45) is 5.21. The highest BCUT2D eigenvalue weighted by Gasteiger charge is 2.26. The molecule has 0 atom stereocenters. The third kappa shape index (κ3) is 5.21. The Labute approximate surface area is 206 Å². The number of hydrogen-bond acceptors (Lipinski definition) is 6. The summed E-state index contributed by atoms with van der Waals surface area (Å²) < 4.78 is 27.1. The first-order chi connectivity index (χ1) is 17.0. The van der Waals surface area contributed by atoms with Gasteiger partial charge in [-0.05, 0) is 74.2 Å². The van der Waals surface area contributed by atoms with E-state index in [-0.39, 0.29) is 10.8 Å². The number of piperidine rings is 1. The van der Waals surface area contributed by atoms with E-state index in [1.165, 1.54) is 29.3 Å². The Bertz CT molecular complexity index is 1260. The summed E-state index contributed by atoms with van der Waals surface area (Å²) in [5.74, 6) is 0.610. The molecule has 0 aliphatic carbocycles. The summed E-state index contributed by atoms with van der Waals surface area (Å²) in [6.45, 7) is 3.16. The van der Waals surface area contributed by atoms with Crippen LogP contribution < -0.4 is 10.2 Å². The number of sulfonamides is 1. The molecular formula is C26H29N5O3S. The Morgan fingerprint density at radius 3 is 2.03 bits per heavy atom. The van der Waals surface area contributed by atoms with Crippen molar-refractivity contribution >= 4 is 27.4 Å². The summed E-state index contributed by atoms with van der Waals surface area (Å²) >= 11 is 0. The number of carbonyl (C=O) groups is 1. The molecule has 0 spiro atoms. The van der Waals surface area contributed by atoms with Gasteiger partial charge in [0.1, 0.15) is 0 Å². The molecule has 3 heterocycles. The lowest BCUT2D eigenvalue weighted by Gasteiger charge is -2.25. The van der Waals surface area contributed by atoms with Crippen molar-refractivity contribution in [2.24, 2.45) is 0 Å². The fourth-order valence-electron chi connectivity index (χ4n) is 4.55. The normalized spacial score (nSPS) is 16.9. The molecule has 0 radical (unpaired) electrons. The zero-order valence-electron chi connectivity index (χ0n) is 19.6. The third-order valence-corrected chi connectivity index (χ3v) is 8.50. The van der Waals surface area contributed by atoms with E-state index in [0.29, 0.717) is 24.3 Å². The lowest BCUT2D eigenvalue weighted by molar-refractivity contribution is 0.102. The standard InChI is InChI=1S/C26H29N5O3S/c32-26(21-8-12-23(13-9-21)35(33,34)31-18-2-1-3-19-31)27-22-10-6-20(7-11-22)24-14-15-25(29-28-24)30-16-4-5-17-30/h6-15H,1-5,16-19H2,(H,27,32). The molecule has 2 saturated heterocycles. The molecule has 1 N–H and O–H groups in total. The van der Waals surface area contributed by atoms with Crippen LogP contribution in [-0.2, 0) is 10.0 Å². The Morgan fingerprint density at radius 1 is 0.743 bits per heavy atom. The van der Waals surface area contributed by atoms with Gasteiger partial charge in [-0.15, -0.1) is 10.2 Å². The number of amides is 1. The molecule has 2 aromatic carbocycles. The summed E-state index contributed by atoms with van der Waals surface area (Å²) in [5, 5.41) is 11.6. The molecule has 2 aliphatic heterocycles. The quantitative estimate of drug-likeness (QED) is 0.556. The lowest BCUT2D eigenvalue weighted by Crippen LogP contribution is -2.35. The average molecular weight is 492 g/mol. The van der Waals surface area contributed by atoms with Crippen LogP contribution in [0, 0.1) is 0 Å². The number of benzene rings is 2. The monoisotopic (exact) mass is 491 g/mol. The van der Waals surface area contributed by atoms with Crippen LogP contribution in [0.25, 0.3) is 11.3 Å². The van der Waals surface area contributed by atoms with Crippen LogP contribution in [0.3, 0.4) is 0 Å². The number of carbonyl (C=O) groups excluding carboxylic acids is 1. The van der Waals surface area contributed by atoms with Crippen molar-refractivity contribution < 1.29 is 13.2 Å². The predicted octanol–water partition coefficient (Wildman–Crippen LogP) is 4.17. The van der Waals surface area contributed by atoms with Crippen molar-refractivity contribution in [2.45, 2.75) is 37.0 Å². The molecule has 1 amide bonds. The van der Waals surface area contributed by atoms with E-state index in [9.17, 15) is 13.2 Å². The highest BCUT2D eigenvalue weighted by atomic mass is 32.2. The number of hydrogen-bond donors (Lipinski definition) is 1. The predicted molar refractivity (Wildman–Crippen MR) is 136 cm³/mol. The van der Waals surface area contributed by atoms with E-state index in [1.54, 1.807) is 12.1 Å². The minimum atomic E-state index is -3.51. The molecule has 182 valence electrons. The molecule has 2 fully saturated rings. The van der Waals surface area contributed by atoms with Gasteiger partial charge in [0.15, 0.2) is 5.82 Å². The Morgan fingerprint density at radius 2 is 1.40 bits per heavy atom. The van der Waals surface area contributed by atoms with Gasteiger partial charge in [-0.3, -0.25) is 4.79 Å². The zero-order chi connectivity index (χ0) is 24.3. The number of nitrogens with zero attached hydrogens (tertiary/aromatic N) is 4. The molecule has 2 aliphatic rings. The van der Waals surface area contributed by atoms with Crippen LogP contribution in [0.2, 0.25) is 0 Å². The number of aromatic nitrogens is 2. The first-order valence-electron chi connectivity index (χ1n) is 12.1. The molecule has 3 aromatic rings. The van der Waals surface area contributed by atoms with Crippen LogP contribution in [0.5, 0.6) is 0 Å². The first-order valence-corrected chi connectivity index (χ1v) is 13.6. The zero-order valence-corrected chi connectivity index (χ0v) is 20.4. The van der Waals surface area contributed by atoms with Crippen LogP contribution in [-0.4, -0.2) is 55.0 Å². The van der Waals surface area contributed by atoms with Crippen molar-refractivity contribution in [1.29, 1.82) is 0 Å². The Hall–Kier alpha value is -3.30. The van der Waals surface area contributed by atoms with Gasteiger partial charge in [0, 0.05) is 43.0 Å². The smallest absolute Gasteiger partial charge is 0.255 e. The Kier molecular flexibility index (Phi) is 6.79. The van der Waals surface area contributed by atoms with Gasteiger partial charge in [-0.2, -0.15) is 4.31 Å². The number of rotatable bonds is 6. The maximum Gasteiger partial charge on any atom is 0.255 e. The summed E-state index contributed by atoms with van der Waals surface area (Å²) in [6, 6.07) is 17.5. The average Bonchev–Trinajstić information content (AvgIpc) is 3.45. The van der Waals surface area contributed by atoms with Gasteiger partial charge >= 0.3 is 0 Å². The second-order valence-corrected chi connectivity index (χ2v) is 10.9. The molecule has 0 saturated carbocycles. The van der Waals surface area contributed by atoms with Crippen LogP contribution in [0.1, 0.15) is 42.5 Å². The number of anilines is 2.